The third-order valence-corrected chi connectivity index (χ3v) is 4.16. The molecule has 2 aromatic carbocycles. The first-order valence-electron chi connectivity index (χ1n) is 6.76. The molecule has 2 aromatic rings. The lowest BCUT2D eigenvalue weighted by Crippen LogP contribution is -2.27. The van der Waals surface area contributed by atoms with Gasteiger partial charge in [0.05, 0.1) is 17.7 Å². The van der Waals surface area contributed by atoms with Gasteiger partial charge in [-0.3, -0.25) is 9.59 Å². The molecule has 6 heteroatoms. The number of thioether (sulfide) groups is 1. The van der Waals surface area contributed by atoms with E-state index in [2.05, 4.69) is 0 Å². The molecule has 2 amide bonds. The first kappa shape index (κ1) is 15.3. The standard InChI is InChI=1S/C17H12FNO3S/c1-22-14-8-6-13(7-9-14)19-16(20)15(23-17(19)21)10-11-2-4-12(18)5-3-11/h2-10H,1H3/b15-10-. The molecule has 0 N–H and O–H groups in total. The Hall–Kier alpha value is -2.60. The van der Waals surface area contributed by atoms with Crippen molar-refractivity contribution < 1.29 is 18.7 Å². The number of carbonyl (C=O) groups is 2. The van der Waals surface area contributed by atoms with E-state index in [1.54, 1.807) is 49.6 Å². The van der Waals surface area contributed by atoms with Crippen LogP contribution in [0.25, 0.3) is 6.08 Å². The van der Waals surface area contributed by atoms with Crippen molar-refractivity contribution >= 4 is 34.7 Å². The maximum absolute atomic E-state index is 12.9. The summed E-state index contributed by atoms with van der Waals surface area (Å²) in [4.78, 5) is 26.0. The fraction of sp³-hybridized carbons (Fsp3) is 0.0588. The molecule has 0 unspecified atom stereocenters. The van der Waals surface area contributed by atoms with Crippen molar-refractivity contribution in [3.05, 3.63) is 64.8 Å². The van der Waals surface area contributed by atoms with Crippen LogP contribution in [0.3, 0.4) is 0 Å². The van der Waals surface area contributed by atoms with Crippen molar-refractivity contribution in [3.63, 3.8) is 0 Å². The number of halogens is 1. The number of hydrogen-bond donors (Lipinski definition) is 0. The van der Waals surface area contributed by atoms with E-state index in [0.29, 0.717) is 21.9 Å². The van der Waals surface area contributed by atoms with Crippen LogP contribution < -0.4 is 9.64 Å². The topological polar surface area (TPSA) is 46.6 Å². The summed E-state index contributed by atoms with van der Waals surface area (Å²) in [6.45, 7) is 0. The predicted molar refractivity (Wildman–Crippen MR) is 87.8 cm³/mol. The lowest BCUT2D eigenvalue weighted by Gasteiger charge is -2.12. The second kappa shape index (κ2) is 6.26. The van der Waals surface area contributed by atoms with E-state index in [9.17, 15) is 14.0 Å². The minimum Gasteiger partial charge on any atom is -0.497 e. The van der Waals surface area contributed by atoms with Gasteiger partial charge in [0.1, 0.15) is 11.6 Å². The van der Waals surface area contributed by atoms with Crippen molar-refractivity contribution in [1.82, 2.24) is 0 Å². The number of carbonyl (C=O) groups excluding carboxylic acids is 2. The van der Waals surface area contributed by atoms with E-state index in [-0.39, 0.29) is 11.1 Å². The van der Waals surface area contributed by atoms with E-state index in [1.165, 1.54) is 12.1 Å². The van der Waals surface area contributed by atoms with Crippen LogP contribution in [0.1, 0.15) is 5.56 Å². The van der Waals surface area contributed by atoms with Crippen LogP contribution in [0.4, 0.5) is 14.9 Å². The fourth-order valence-electron chi connectivity index (χ4n) is 2.13. The Labute approximate surface area is 136 Å². The van der Waals surface area contributed by atoms with Crippen molar-refractivity contribution in [2.75, 3.05) is 12.0 Å². The molecule has 1 heterocycles. The van der Waals surface area contributed by atoms with E-state index in [0.717, 1.165) is 16.7 Å². The third-order valence-electron chi connectivity index (χ3n) is 3.29. The first-order chi connectivity index (χ1) is 11.1. The highest BCUT2D eigenvalue weighted by Gasteiger charge is 2.36. The Morgan fingerprint density at radius 1 is 1.04 bits per heavy atom. The van der Waals surface area contributed by atoms with Crippen molar-refractivity contribution in [1.29, 1.82) is 0 Å². The minimum absolute atomic E-state index is 0.303. The Bertz CT molecular complexity index is 784. The zero-order valence-electron chi connectivity index (χ0n) is 12.2. The van der Waals surface area contributed by atoms with E-state index in [4.69, 9.17) is 4.74 Å². The molecule has 0 bridgehead atoms. The second-order valence-corrected chi connectivity index (χ2v) is 5.76. The molecule has 0 aliphatic carbocycles. The molecule has 4 nitrogen and oxygen atoms in total. The van der Waals surface area contributed by atoms with Crippen LogP contribution in [-0.2, 0) is 4.79 Å². The molecular formula is C17H12FNO3S. The predicted octanol–water partition coefficient (Wildman–Crippen LogP) is 4.08. The van der Waals surface area contributed by atoms with Gasteiger partial charge in [-0.15, -0.1) is 0 Å². The molecule has 1 saturated heterocycles. The van der Waals surface area contributed by atoms with Gasteiger partial charge in [0.2, 0.25) is 0 Å². The van der Waals surface area contributed by atoms with Crippen LogP contribution in [0, 0.1) is 5.82 Å². The Morgan fingerprint density at radius 3 is 2.30 bits per heavy atom. The van der Waals surface area contributed by atoms with Crippen molar-refractivity contribution in [3.8, 4) is 5.75 Å². The summed E-state index contributed by atoms with van der Waals surface area (Å²) < 4.78 is 18.0. The van der Waals surface area contributed by atoms with Gasteiger partial charge in [-0.05, 0) is 59.8 Å². The van der Waals surface area contributed by atoms with Crippen LogP contribution in [0.2, 0.25) is 0 Å². The summed E-state index contributed by atoms with van der Waals surface area (Å²) in [7, 11) is 1.54. The van der Waals surface area contributed by atoms with Gasteiger partial charge in [-0.2, -0.15) is 0 Å². The summed E-state index contributed by atoms with van der Waals surface area (Å²) in [5, 5.41) is -0.367. The smallest absolute Gasteiger partial charge is 0.298 e. The average Bonchev–Trinajstić information content (AvgIpc) is 2.84. The van der Waals surface area contributed by atoms with E-state index < -0.39 is 5.91 Å². The average molecular weight is 329 g/mol. The van der Waals surface area contributed by atoms with Crippen LogP contribution in [0.5, 0.6) is 5.75 Å². The number of ether oxygens (including phenoxy) is 1. The summed E-state index contributed by atoms with van der Waals surface area (Å²) >= 11 is 0.859. The van der Waals surface area contributed by atoms with Gasteiger partial charge in [0.15, 0.2) is 0 Å². The molecule has 0 radical (unpaired) electrons. The SMILES string of the molecule is COc1ccc(N2C(=O)S/C(=C\c3ccc(F)cc3)C2=O)cc1. The monoisotopic (exact) mass is 329 g/mol. The molecule has 0 saturated carbocycles. The Kier molecular flexibility index (Phi) is 4.16. The Balaban J connectivity index is 1.88. The Morgan fingerprint density at radius 2 is 1.70 bits per heavy atom. The number of rotatable bonds is 3. The quantitative estimate of drug-likeness (QED) is 0.796. The number of imide groups is 1. The molecule has 116 valence electrons. The van der Waals surface area contributed by atoms with Gasteiger partial charge >= 0.3 is 0 Å². The van der Waals surface area contributed by atoms with Gasteiger partial charge in [0, 0.05) is 0 Å². The summed E-state index contributed by atoms with van der Waals surface area (Å²) in [6, 6.07) is 12.4. The number of amides is 2. The van der Waals surface area contributed by atoms with Crippen LogP contribution in [0.15, 0.2) is 53.4 Å². The largest absolute Gasteiger partial charge is 0.497 e. The van der Waals surface area contributed by atoms with Crippen molar-refractivity contribution in [2.45, 2.75) is 0 Å². The van der Waals surface area contributed by atoms with E-state index in [1.807, 2.05) is 0 Å². The van der Waals surface area contributed by atoms with Gasteiger partial charge in [-0.1, -0.05) is 12.1 Å². The first-order valence-corrected chi connectivity index (χ1v) is 7.58. The fourth-order valence-corrected chi connectivity index (χ4v) is 2.97. The molecule has 1 aliphatic heterocycles. The molecule has 1 aliphatic rings. The third kappa shape index (κ3) is 3.12. The maximum atomic E-state index is 12.9. The molecule has 0 spiro atoms. The van der Waals surface area contributed by atoms with Crippen LogP contribution >= 0.6 is 11.8 Å². The van der Waals surface area contributed by atoms with Gasteiger partial charge in [0.25, 0.3) is 11.1 Å². The number of benzene rings is 2. The molecular weight excluding hydrogens is 317 g/mol. The highest BCUT2D eigenvalue weighted by molar-refractivity contribution is 8.19. The summed E-state index contributed by atoms with van der Waals surface area (Å²) in [6.07, 6.45) is 1.58. The second-order valence-electron chi connectivity index (χ2n) is 4.77. The summed E-state index contributed by atoms with van der Waals surface area (Å²) in [5.74, 6) is -0.106. The molecule has 0 atom stereocenters. The minimum atomic E-state index is -0.394. The number of methoxy groups -OCH3 is 1. The number of nitrogens with zero attached hydrogens (tertiary/aromatic N) is 1. The van der Waals surface area contributed by atoms with Gasteiger partial charge in [-0.25, -0.2) is 9.29 Å². The molecule has 0 aromatic heterocycles. The normalized spacial score (nSPS) is 16.3. The zero-order valence-corrected chi connectivity index (χ0v) is 13.0. The molecule has 1 fully saturated rings. The number of anilines is 1. The molecule has 23 heavy (non-hydrogen) atoms. The highest BCUT2D eigenvalue weighted by Crippen LogP contribution is 2.36. The van der Waals surface area contributed by atoms with Gasteiger partial charge < -0.3 is 4.74 Å². The highest BCUT2D eigenvalue weighted by atomic mass is 32.2. The number of hydrogen-bond acceptors (Lipinski definition) is 4. The maximum Gasteiger partial charge on any atom is 0.298 e. The van der Waals surface area contributed by atoms with E-state index >= 15 is 0 Å². The molecule has 3 rings (SSSR count). The lowest BCUT2D eigenvalue weighted by molar-refractivity contribution is -0.113. The lowest BCUT2D eigenvalue weighted by atomic mass is 10.2. The van der Waals surface area contributed by atoms with Crippen LogP contribution in [-0.4, -0.2) is 18.3 Å². The van der Waals surface area contributed by atoms with Crippen molar-refractivity contribution in [2.24, 2.45) is 0 Å². The summed E-state index contributed by atoms with van der Waals surface area (Å²) in [5.41, 5.74) is 1.14. The zero-order chi connectivity index (χ0) is 16.4.